The number of anilines is 2. The normalized spacial score (nSPS) is 16.0. The lowest BCUT2D eigenvalue weighted by Gasteiger charge is -2.33. The molecule has 0 amide bonds. The fraction of sp³-hybridized carbons (Fsp3) is 0.400. The third-order valence-electron chi connectivity index (χ3n) is 3.81. The van der Waals surface area contributed by atoms with Crippen LogP contribution in [0.25, 0.3) is 0 Å². The minimum absolute atomic E-state index is 0.0897. The van der Waals surface area contributed by atoms with E-state index in [9.17, 15) is 13.2 Å². The molecule has 1 saturated heterocycles. The number of nitrogens with zero attached hydrogens (tertiary/aromatic N) is 4. The summed E-state index contributed by atoms with van der Waals surface area (Å²) in [6, 6.07) is 5.65. The molecule has 0 aromatic carbocycles. The summed E-state index contributed by atoms with van der Waals surface area (Å²) in [7, 11) is 0. The van der Waals surface area contributed by atoms with Gasteiger partial charge in [-0.25, -0.2) is 9.97 Å². The molecule has 126 valence electrons. The van der Waals surface area contributed by atoms with E-state index in [1.165, 1.54) is 6.20 Å². The molecule has 0 bridgehead atoms. The Morgan fingerprint density at radius 2 is 1.96 bits per heavy atom. The third-order valence-corrected chi connectivity index (χ3v) is 4.78. The molecule has 1 fully saturated rings. The first-order valence-electron chi connectivity index (χ1n) is 7.36. The highest BCUT2D eigenvalue weighted by Gasteiger charge is 2.33. The van der Waals surface area contributed by atoms with Crippen LogP contribution in [0.1, 0.15) is 23.3 Å². The second kappa shape index (κ2) is 6.65. The molecule has 1 N–H and O–H groups in total. The highest BCUT2D eigenvalue weighted by molar-refractivity contribution is 7.15. The number of alkyl halides is 3. The summed E-state index contributed by atoms with van der Waals surface area (Å²) in [4.78, 5) is 9.47. The molecule has 24 heavy (non-hydrogen) atoms. The number of hydrogen-bond donors (Lipinski definition) is 1. The molecule has 3 heterocycles. The molecule has 0 unspecified atom stereocenters. The van der Waals surface area contributed by atoms with Crippen molar-refractivity contribution >= 4 is 22.3 Å². The number of nitrogens with one attached hydrogen (secondary N) is 1. The molecule has 0 aliphatic carbocycles. The van der Waals surface area contributed by atoms with Gasteiger partial charge in [-0.1, -0.05) is 11.3 Å². The summed E-state index contributed by atoms with van der Waals surface area (Å²) in [6.45, 7) is 1.49. The molecule has 3 rings (SSSR count). The molecule has 1 aliphatic heterocycles. The van der Waals surface area contributed by atoms with Crippen LogP contribution >= 0.6 is 11.3 Å². The number of piperidine rings is 1. The van der Waals surface area contributed by atoms with Crippen LogP contribution < -0.4 is 10.2 Å². The zero-order valence-corrected chi connectivity index (χ0v) is 13.4. The van der Waals surface area contributed by atoms with Gasteiger partial charge in [-0.05, 0) is 25.0 Å². The second-order valence-electron chi connectivity index (χ2n) is 5.45. The van der Waals surface area contributed by atoms with Gasteiger partial charge in [-0.3, -0.25) is 0 Å². The van der Waals surface area contributed by atoms with Crippen LogP contribution in [-0.4, -0.2) is 29.1 Å². The van der Waals surface area contributed by atoms with Crippen molar-refractivity contribution in [2.24, 2.45) is 0 Å². The molecule has 2 aromatic heterocycles. The van der Waals surface area contributed by atoms with Gasteiger partial charge in [0.1, 0.15) is 16.8 Å². The van der Waals surface area contributed by atoms with E-state index < -0.39 is 11.1 Å². The fourth-order valence-electron chi connectivity index (χ4n) is 2.54. The highest BCUT2D eigenvalue weighted by Crippen LogP contribution is 2.35. The minimum Gasteiger partial charge on any atom is -0.359 e. The Morgan fingerprint density at radius 3 is 2.50 bits per heavy atom. The Hall–Kier alpha value is -2.34. The zero-order chi connectivity index (χ0) is 17.2. The van der Waals surface area contributed by atoms with Crippen molar-refractivity contribution < 1.29 is 13.2 Å². The van der Waals surface area contributed by atoms with Gasteiger partial charge in [-0.2, -0.15) is 18.4 Å². The average Bonchev–Trinajstić information content (AvgIpc) is 3.05. The summed E-state index contributed by atoms with van der Waals surface area (Å²) in [6.07, 6.45) is -0.385. The van der Waals surface area contributed by atoms with Gasteiger partial charge < -0.3 is 10.2 Å². The molecule has 1 aliphatic rings. The molecule has 9 heteroatoms. The van der Waals surface area contributed by atoms with E-state index in [2.05, 4.69) is 20.2 Å². The quantitative estimate of drug-likeness (QED) is 0.915. The number of thiazole rings is 1. The van der Waals surface area contributed by atoms with Crippen molar-refractivity contribution in [3.8, 4) is 6.07 Å². The number of rotatable bonds is 3. The number of aromatic nitrogens is 2. The predicted octanol–water partition coefficient (Wildman–Crippen LogP) is 3.51. The summed E-state index contributed by atoms with van der Waals surface area (Å²) < 4.78 is 37.7. The molecule has 0 radical (unpaired) electrons. The molecule has 0 atom stereocenters. The van der Waals surface area contributed by atoms with E-state index in [0.29, 0.717) is 22.0 Å². The van der Waals surface area contributed by atoms with E-state index in [-0.39, 0.29) is 6.04 Å². The fourth-order valence-corrected chi connectivity index (χ4v) is 3.30. The lowest BCUT2D eigenvalue weighted by molar-refractivity contribution is -0.134. The van der Waals surface area contributed by atoms with Crippen LogP contribution in [0.2, 0.25) is 0 Å². The van der Waals surface area contributed by atoms with Gasteiger partial charge in [0.15, 0.2) is 5.13 Å². The maximum absolute atomic E-state index is 12.6. The first-order chi connectivity index (χ1) is 11.5. The number of hydrogen-bond acceptors (Lipinski definition) is 6. The molecule has 2 aromatic rings. The SMILES string of the molecule is N#Cc1ccc(N2CCC(Nc3ncc(C(F)(F)F)s3)CC2)nc1. The third kappa shape index (κ3) is 3.76. The number of nitriles is 1. The van der Waals surface area contributed by atoms with E-state index in [1.807, 2.05) is 12.1 Å². The van der Waals surface area contributed by atoms with Crippen LogP contribution in [-0.2, 0) is 6.18 Å². The zero-order valence-electron chi connectivity index (χ0n) is 12.5. The molecule has 0 spiro atoms. The lowest BCUT2D eigenvalue weighted by atomic mass is 10.1. The molecule has 5 nitrogen and oxygen atoms in total. The summed E-state index contributed by atoms with van der Waals surface area (Å²) >= 11 is 0.631. The summed E-state index contributed by atoms with van der Waals surface area (Å²) in [5.74, 6) is 0.807. The standard InChI is InChI=1S/C15H14F3N5S/c16-15(17,18)12-9-21-14(24-12)22-11-3-5-23(6-4-11)13-2-1-10(7-19)8-20-13/h1-2,8-9,11H,3-6H2,(H,21,22). The van der Waals surface area contributed by atoms with Gasteiger partial charge in [0.05, 0.1) is 11.8 Å². The van der Waals surface area contributed by atoms with Crippen molar-refractivity contribution in [3.63, 3.8) is 0 Å². The highest BCUT2D eigenvalue weighted by atomic mass is 32.1. The van der Waals surface area contributed by atoms with Gasteiger partial charge in [0.2, 0.25) is 0 Å². The van der Waals surface area contributed by atoms with Gasteiger partial charge in [-0.15, -0.1) is 0 Å². The monoisotopic (exact) mass is 353 g/mol. The first-order valence-corrected chi connectivity index (χ1v) is 8.18. The van der Waals surface area contributed by atoms with Crippen LogP contribution in [0.15, 0.2) is 24.5 Å². The number of pyridine rings is 1. The van der Waals surface area contributed by atoms with Crippen molar-refractivity contribution in [1.29, 1.82) is 5.26 Å². The smallest absolute Gasteiger partial charge is 0.359 e. The average molecular weight is 353 g/mol. The van der Waals surface area contributed by atoms with Crippen LogP contribution in [0, 0.1) is 11.3 Å². The molecular weight excluding hydrogens is 339 g/mol. The Morgan fingerprint density at radius 1 is 1.21 bits per heavy atom. The van der Waals surface area contributed by atoms with Gasteiger partial charge in [0, 0.05) is 25.3 Å². The maximum Gasteiger partial charge on any atom is 0.427 e. The van der Waals surface area contributed by atoms with E-state index in [4.69, 9.17) is 5.26 Å². The Bertz CT molecular complexity index is 727. The summed E-state index contributed by atoms with van der Waals surface area (Å²) in [5, 5.41) is 12.2. The molecule has 0 saturated carbocycles. The predicted molar refractivity (Wildman–Crippen MR) is 84.9 cm³/mol. The van der Waals surface area contributed by atoms with Crippen molar-refractivity contribution in [2.75, 3.05) is 23.3 Å². The molecular formula is C15H14F3N5S. The topological polar surface area (TPSA) is 64.8 Å². The second-order valence-corrected chi connectivity index (χ2v) is 6.48. The minimum atomic E-state index is -4.35. The van der Waals surface area contributed by atoms with Crippen LogP contribution in [0.3, 0.4) is 0 Å². The summed E-state index contributed by atoms with van der Waals surface area (Å²) in [5.41, 5.74) is 0.513. The van der Waals surface area contributed by atoms with Gasteiger partial charge in [0.25, 0.3) is 0 Å². The van der Waals surface area contributed by atoms with Crippen molar-refractivity contribution in [1.82, 2.24) is 9.97 Å². The van der Waals surface area contributed by atoms with Crippen LogP contribution in [0.5, 0.6) is 0 Å². The van der Waals surface area contributed by atoms with E-state index in [0.717, 1.165) is 37.9 Å². The largest absolute Gasteiger partial charge is 0.427 e. The first kappa shape index (κ1) is 16.5. The van der Waals surface area contributed by atoms with E-state index in [1.54, 1.807) is 6.07 Å². The van der Waals surface area contributed by atoms with Crippen molar-refractivity contribution in [3.05, 3.63) is 35.0 Å². The van der Waals surface area contributed by atoms with Crippen molar-refractivity contribution in [2.45, 2.75) is 25.1 Å². The number of halogens is 3. The Kier molecular flexibility index (Phi) is 4.57. The Labute approximate surface area is 140 Å². The van der Waals surface area contributed by atoms with E-state index >= 15 is 0 Å². The Balaban J connectivity index is 1.55. The lowest BCUT2D eigenvalue weighted by Crippen LogP contribution is -2.39. The van der Waals surface area contributed by atoms with Crippen LogP contribution in [0.4, 0.5) is 24.1 Å². The van der Waals surface area contributed by atoms with Gasteiger partial charge >= 0.3 is 6.18 Å². The maximum atomic E-state index is 12.6.